The number of nitrogens with zero attached hydrogens (tertiary/aromatic N) is 5. The van der Waals surface area contributed by atoms with E-state index in [0.717, 1.165) is 16.1 Å². The molecule has 0 saturated heterocycles. The molecule has 0 unspecified atom stereocenters. The second kappa shape index (κ2) is 8.56. The third-order valence-electron chi connectivity index (χ3n) is 5.89. The lowest BCUT2D eigenvalue weighted by Gasteiger charge is -2.17. The van der Waals surface area contributed by atoms with Crippen LogP contribution in [0, 0.1) is 11.2 Å². The van der Waals surface area contributed by atoms with Crippen LogP contribution < -0.4 is 5.32 Å². The highest BCUT2D eigenvalue weighted by atomic mass is 32.1. The minimum atomic E-state index is -0.584. The number of imidazole rings is 1. The van der Waals surface area contributed by atoms with Gasteiger partial charge in [-0.05, 0) is 23.6 Å². The summed E-state index contributed by atoms with van der Waals surface area (Å²) in [5.74, 6) is -0.292. The third kappa shape index (κ3) is 4.02. The van der Waals surface area contributed by atoms with Gasteiger partial charge in [0.15, 0.2) is 11.5 Å². The lowest BCUT2D eigenvalue weighted by atomic mass is 9.95. The highest BCUT2D eigenvalue weighted by Gasteiger charge is 2.23. The largest absolute Gasteiger partial charge is 0.336 e. The molecular weight excluding hydrogens is 491 g/mol. The lowest BCUT2D eigenvalue weighted by Crippen LogP contribution is -2.27. The first-order valence-corrected chi connectivity index (χ1v) is 12.4. The second-order valence-corrected chi connectivity index (χ2v) is 10.5. The number of fused-ring (bicyclic) bond motifs is 2. The van der Waals surface area contributed by atoms with Crippen molar-refractivity contribution in [1.82, 2.24) is 35.1 Å². The van der Waals surface area contributed by atoms with Gasteiger partial charge in [-0.15, -0.1) is 11.3 Å². The van der Waals surface area contributed by atoms with Crippen LogP contribution in [0.2, 0.25) is 0 Å². The zero-order valence-electron chi connectivity index (χ0n) is 20.1. The molecule has 0 fully saturated rings. The van der Waals surface area contributed by atoms with Gasteiger partial charge in [-0.25, -0.2) is 14.4 Å². The van der Waals surface area contributed by atoms with Gasteiger partial charge in [-0.1, -0.05) is 26.8 Å². The van der Waals surface area contributed by atoms with Crippen LogP contribution in [0.3, 0.4) is 0 Å². The SMILES string of the molecule is CC(C)(C)C(=O)Nc1cncc(-c2cnc3[nH]nc(-c4nc5c(-c6cccs6)nccc5[nH]4)c3c2F)c1. The minimum Gasteiger partial charge on any atom is -0.336 e. The summed E-state index contributed by atoms with van der Waals surface area (Å²) in [4.78, 5) is 34.4. The van der Waals surface area contributed by atoms with Crippen molar-refractivity contribution in [3.05, 3.63) is 60.3 Å². The van der Waals surface area contributed by atoms with Crippen molar-refractivity contribution < 1.29 is 9.18 Å². The van der Waals surface area contributed by atoms with Gasteiger partial charge >= 0.3 is 0 Å². The number of rotatable bonds is 4. The zero-order valence-corrected chi connectivity index (χ0v) is 20.9. The molecule has 0 bridgehead atoms. The van der Waals surface area contributed by atoms with Crippen LogP contribution in [0.1, 0.15) is 20.8 Å². The molecule has 0 spiro atoms. The number of pyridine rings is 3. The first kappa shape index (κ1) is 22.9. The van der Waals surface area contributed by atoms with E-state index in [2.05, 4.69) is 35.5 Å². The third-order valence-corrected chi connectivity index (χ3v) is 6.77. The van der Waals surface area contributed by atoms with E-state index in [1.54, 1.807) is 23.6 Å². The standard InChI is InChI=1S/C26H21FN8OS/c1-26(2,3)25(36)31-14-9-13(10-28-11-14)15-12-30-23-18(19(15)27)22(34-35-23)24-32-16-6-7-29-21(20(16)33-24)17-5-4-8-37-17/h4-12H,1-3H3,(H,31,36)(H,32,33)(H,30,34,35). The van der Waals surface area contributed by atoms with E-state index in [0.29, 0.717) is 33.9 Å². The predicted molar refractivity (Wildman–Crippen MR) is 141 cm³/mol. The van der Waals surface area contributed by atoms with Crippen LogP contribution in [0.4, 0.5) is 10.1 Å². The highest BCUT2D eigenvalue weighted by molar-refractivity contribution is 7.13. The van der Waals surface area contributed by atoms with Gasteiger partial charge in [-0.2, -0.15) is 5.10 Å². The average Bonchev–Trinajstić information content (AvgIpc) is 3.63. The summed E-state index contributed by atoms with van der Waals surface area (Å²) in [5, 5.41) is 12.1. The Bertz CT molecular complexity index is 1780. The Morgan fingerprint density at radius 3 is 2.76 bits per heavy atom. The number of halogens is 1. The van der Waals surface area contributed by atoms with E-state index in [1.165, 1.54) is 18.6 Å². The number of aromatic amines is 2. The number of carbonyl (C=O) groups is 1. The number of thiophene rings is 1. The van der Waals surface area contributed by atoms with Crippen molar-refractivity contribution in [3.63, 3.8) is 0 Å². The molecule has 0 radical (unpaired) electrons. The Balaban J connectivity index is 1.44. The van der Waals surface area contributed by atoms with Gasteiger partial charge in [0.2, 0.25) is 5.91 Å². The molecule has 1 amide bonds. The van der Waals surface area contributed by atoms with Gasteiger partial charge < -0.3 is 10.3 Å². The van der Waals surface area contributed by atoms with Gasteiger partial charge in [0.1, 0.15) is 22.7 Å². The smallest absolute Gasteiger partial charge is 0.229 e. The van der Waals surface area contributed by atoms with Crippen molar-refractivity contribution >= 4 is 45.0 Å². The number of hydrogen-bond acceptors (Lipinski definition) is 7. The maximum absolute atomic E-state index is 16.0. The molecule has 0 aliphatic heterocycles. The number of H-pyrrole nitrogens is 2. The van der Waals surface area contributed by atoms with Gasteiger partial charge in [0.25, 0.3) is 0 Å². The summed E-state index contributed by atoms with van der Waals surface area (Å²) in [7, 11) is 0. The predicted octanol–water partition coefficient (Wildman–Crippen LogP) is 5.81. The Labute approximate surface area is 214 Å². The molecule has 6 aromatic rings. The number of carbonyl (C=O) groups excluding carboxylic acids is 1. The summed E-state index contributed by atoms with van der Waals surface area (Å²) >= 11 is 1.57. The van der Waals surface area contributed by atoms with Crippen LogP contribution in [0.25, 0.3) is 55.3 Å². The Morgan fingerprint density at radius 2 is 1.97 bits per heavy atom. The number of anilines is 1. The summed E-state index contributed by atoms with van der Waals surface area (Å²) in [6, 6.07) is 7.42. The normalized spacial score (nSPS) is 11.9. The fraction of sp³-hybridized carbons (Fsp3) is 0.154. The molecule has 11 heteroatoms. The van der Waals surface area contributed by atoms with E-state index in [1.807, 2.05) is 44.4 Å². The van der Waals surface area contributed by atoms with E-state index >= 15 is 4.39 Å². The molecule has 37 heavy (non-hydrogen) atoms. The summed E-state index contributed by atoms with van der Waals surface area (Å²) < 4.78 is 16.0. The maximum Gasteiger partial charge on any atom is 0.229 e. The van der Waals surface area contributed by atoms with Crippen molar-refractivity contribution in [3.8, 4) is 33.2 Å². The Kier molecular flexibility index (Phi) is 5.30. The molecule has 6 rings (SSSR count). The van der Waals surface area contributed by atoms with Crippen molar-refractivity contribution in [2.24, 2.45) is 5.41 Å². The molecule has 6 aromatic heterocycles. The van der Waals surface area contributed by atoms with Crippen LogP contribution >= 0.6 is 11.3 Å². The molecule has 6 heterocycles. The maximum atomic E-state index is 16.0. The fourth-order valence-corrected chi connectivity index (χ4v) is 4.66. The van der Waals surface area contributed by atoms with E-state index in [-0.39, 0.29) is 16.9 Å². The lowest BCUT2D eigenvalue weighted by molar-refractivity contribution is -0.123. The highest BCUT2D eigenvalue weighted by Crippen LogP contribution is 2.35. The van der Waals surface area contributed by atoms with E-state index in [9.17, 15) is 4.79 Å². The monoisotopic (exact) mass is 512 g/mol. The summed E-state index contributed by atoms with van der Waals surface area (Å²) in [6.45, 7) is 5.44. The number of nitrogens with one attached hydrogen (secondary N) is 3. The number of amides is 1. The molecular formula is C26H21FN8OS. The average molecular weight is 513 g/mol. The van der Waals surface area contributed by atoms with Gasteiger partial charge in [-0.3, -0.25) is 19.9 Å². The number of hydrogen-bond donors (Lipinski definition) is 3. The van der Waals surface area contributed by atoms with Gasteiger partial charge in [0, 0.05) is 35.1 Å². The Morgan fingerprint density at radius 1 is 1.11 bits per heavy atom. The summed E-state index contributed by atoms with van der Waals surface area (Å²) in [5.41, 5.74) is 3.36. The molecule has 184 valence electrons. The first-order chi connectivity index (χ1) is 17.8. The number of aromatic nitrogens is 7. The molecule has 0 saturated carbocycles. The Hall–Kier alpha value is -4.51. The van der Waals surface area contributed by atoms with Crippen molar-refractivity contribution in [2.45, 2.75) is 20.8 Å². The topological polar surface area (TPSA) is 125 Å². The zero-order chi connectivity index (χ0) is 25.7. The molecule has 0 aliphatic carbocycles. The van der Waals surface area contributed by atoms with E-state index < -0.39 is 11.2 Å². The van der Waals surface area contributed by atoms with Crippen LogP contribution in [-0.2, 0) is 4.79 Å². The second-order valence-electron chi connectivity index (χ2n) is 9.57. The van der Waals surface area contributed by atoms with Crippen LogP contribution in [-0.4, -0.2) is 41.0 Å². The molecule has 0 atom stereocenters. The van der Waals surface area contributed by atoms with Crippen LogP contribution in [0.15, 0.2) is 54.4 Å². The van der Waals surface area contributed by atoms with E-state index in [4.69, 9.17) is 4.98 Å². The molecule has 0 aliphatic rings. The van der Waals surface area contributed by atoms with Gasteiger partial charge in [0.05, 0.1) is 27.7 Å². The first-order valence-electron chi connectivity index (χ1n) is 11.5. The quantitative estimate of drug-likeness (QED) is 0.274. The van der Waals surface area contributed by atoms with Crippen molar-refractivity contribution in [1.29, 1.82) is 0 Å². The molecule has 3 N–H and O–H groups in total. The van der Waals surface area contributed by atoms with Crippen LogP contribution in [0.5, 0.6) is 0 Å². The summed E-state index contributed by atoms with van der Waals surface area (Å²) in [6.07, 6.45) is 6.18. The fourth-order valence-electron chi connectivity index (χ4n) is 3.94. The molecule has 9 nitrogen and oxygen atoms in total. The molecule has 0 aromatic carbocycles. The van der Waals surface area contributed by atoms with Crippen molar-refractivity contribution in [2.75, 3.05) is 5.32 Å². The minimum absolute atomic E-state index is 0.168.